The topological polar surface area (TPSA) is 90.6 Å². The number of fused-ring (bicyclic) bond motifs is 1. The molecular formula is C19H24ClN5O3. The zero-order valence-corrected chi connectivity index (χ0v) is 16.6. The number of carbonyl (C=O) groups excluding carboxylic acids is 2. The molecule has 1 saturated heterocycles. The SMILES string of the molecule is COc1ccc(C(=O)N2CCN(C(=O)c3n[nH]c4c3CNCC4)CC2)cc1.Cl. The average molecular weight is 406 g/mol. The Morgan fingerprint density at radius 2 is 1.68 bits per heavy atom. The summed E-state index contributed by atoms with van der Waals surface area (Å²) < 4.78 is 5.13. The van der Waals surface area contributed by atoms with Crippen LogP contribution in [0.1, 0.15) is 32.1 Å². The average Bonchev–Trinajstić information content (AvgIpc) is 3.17. The summed E-state index contributed by atoms with van der Waals surface area (Å²) in [4.78, 5) is 29.1. The van der Waals surface area contributed by atoms with Crippen LogP contribution < -0.4 is 10.1 Å². The van der Waals surface area contributed by atoms with E-state index in [0.29, 0.717) is 44.0 Å². The Morgan fingerprint density at radius 3 is 2.32 bits per heavy atom. The van der Waals surface area contributed by atoms with Crippen molar-refractivity contribution in [3.05, 3.63) is 46.8 Å². The summed E-state index contributed by atoms with van der Waals surface area (Å²) in [6.45, 7) is 3.62. The number of benzene rings is 1. The third-order valence-electron chi connectivity index (χ3n) is 5.20. The molecule has 0 bridgehead atoms. The van der Waals surface area contributed by atoms with Gasteiger partial charge in [0.15, 0.2) is 5.69 Å². The van der Waals surface area contributed by atoms with Crippen molar-refractivity contribution in [3.63, 3.8) is 0 Å². The minimum Gasteiger partial charge on any atom is -0.497 e. The Hall–Kier alpha value is -2.58. The Labute approximate surface area is 169 Å². The van der Waals surface area contributed by atoms with Crippen LogP contribution in [0.3, 0.4) is 0 Å². The van der Waals surface area contributed by atoms with E-state index in [0.717, 1.165) is 30.0 Å². The molecule has 4 rings (SSSR count). The summed E-state index contributed by atoms with van der Waals surface area (Å²) in [5.74, 6) is 0.637. The summed E-state index contributed by atoms with van der Waals surface area (Å²) in [6.07, 6.45) is 0.861. The van der Waals surface area contributed by atoms with Gasteiger partial charge in [-0.3, -0.25) is 14.7 Å². The van der Waals surface area contributed by atoms with Crippen molar-refractivity contribution >= 4 is 24.2 Å². The fraction of sp³-hybridized carbons (Fsp3) is 0.421. The van der Waals surface area contributed by atoms with Crippen molar-refractivity contribution in [1.29, 1.82) is 0 Å². The number of carbonyl (C=O) groups is 2. The first-order valence-electron chi connectivity index (χ1n) is 9.17. The van der Waals surface area contributed by atoms with Gasteiger partial charge < -0.3 is 19.9 Å². The highest BCUT2D eigenvalue weighted by molar-refractivity contribution is 5.96. The maximum Gasteiger partial charge on any atom is 0.274 e. The second-order valence-corrected chi connectivity index (χ2v) is 6.77. The van der Waals surface area contributed by atoms with Gasteiger partial charge in [-0.15, -0.1) is 12.4 Å². The molecule has 9 heteroatoms. The van der Waals surface area contributed by atoms with Crippen LogP contribution >= 0.6 is 12.4 Å². The molecule has 2 N–H and O–H groups in total. The highest BCUT2D eigenvalue weighted by atomic mass is 35.5. The number of nitrogens with zero attached hydrogens (tertiary/aromatic N) is 3. The summed E-state index contributed by atoms with van der Waals surface area (Å²) in [5.41, 5.74) is 3.16. The van der Waals surface area contributed by atoms with Gasteiger partial charge in [0.25, 0.3) is 11.8 Å². The van der Waals surface area contributed by atoms with Gasteiger partial charge in [-0.25, -0.2) is 0 Å². The number of aromatic amines is 1. The third-order valence-corrected chi connectivity index (χ3v) is 5.20. The van der Waals surface area contributed by atoms with E-state index < -0.39 is 0 Å². The molecule has 3 heterocycles. The van der Waals surface area contributed by atoms with E-state index in [1.807, 2.05) is 0 Å². The molecule has 0 spiro atoms. The van der Waals surface area contributed by atoms with E-state index in [1.54, 1.807) is 41.2 Å². The highest BCUT2D eigenvalue weighted by Crippen LogP contribution is 2.19. The number of amides is 2. The summed E-state index contributed by atoms with van der Waals surface area (Å²) >= 11 is 0. The standard InChI is InChI=1S/C19H23N5O3.ClH/c1-27-14-4-2-13(3-5-14)18(25)23-8-10-24(11-9-23)19(26)17-15-12-20-7-6-16(15)21-22-17;/h2-5,20H,6-12H2,1H3,(H,21,22);1H. The molecule has 2 aliphatic rings. The molecular weight excluding hydrogens is 382 g/mol. The van der Waals surface area contributed by atoms with Gasteiger partial charge >= 0.3 is 0 Å². The number of aromatic nitrogens is 2. The zero-order chi connectivity index (χ0) is 18.8. The van der Waals surface area contributed by atoms with E-state index in [9.17, 15) is 9.59 Å². The van der Waals surface area contributed by atoms with E-state index in [2.05, 4.69) is 15.5 Å². The van der Waals surface area contributed by atoms with Crippen LogP contribution in [0, 0.1) is 0 Å². The van der Waals surface area contributed by atoms with Gasteiger partial charge in [0.2, 0.25) is 0 Å². The molecule has 0 aliphatic carbocycles. The number of hydrogen-bond donors (Lipinski definition) is 2. The fourth-order valence-electron chi connectivity index (χ4n) is 3.58. The molecule has 150 valence electrons. The van der Waals surface area contributed by atoms with Crippen LogP contribution in [0.25, 0.3) is 0 Å². The fourth-order valence-corrected chi connectivity index (χ4v) is 3.58. The predicted octanol–water partition coefficient (Wildman–Crippen LogP) is 1.08. The zero-order valence-electron chi connectivity index (χ0n) is 15.7. The van der Waals surface area contributed by atoms with E-state index in [4.69, 9.17) is 4.74 Å². The quantitative estimate of drug-likeness (QED) is 0.797. The number of nitrogens with one attached hydrogen (secondary N) is 2. The first-order valence-corrected chi connectivity index (χ1v) is 9.17. The Kier molecular flexibility index (Phi) is 6.21. The second kappa shape index (κ2) is 8.62. The maximum absolute atomic E-state index is 12.8. The van der Waals surface area contributed by atoms with Crippen LogP contribution in [-0.4, -0.2) is 71.6 Å². The van der Waals surface area contributed by atoms with Gasteiger partial charge in [0.05, 0.1) is 7.11 Å². The lowest BCUT2D eigenvalue weighted by molar-refractivity contribution is 0.0531. The van der Waals surface area contributed by atoms with Gasteiger partial charge in [0, 0.05) is 62.5 Å². The van der Waals surface area contributed by atoms with Crippen molar-refractivity contribution in [3.8, 4) is 5.75 Å². The van der Waals surface area contributed by atoms with Crippen molar-refractivity contribution in [1.82, 2.24) is 25.3 Å². The van der Waals surface area contributed by atoms with Gasteiger partial charge in [-0.05, 0) is 24.3 Å². The monoisotopic (exact) mass is 405 g/mol. The van der Waals surface area contributed by atoms with Crippen molar-refractivity contribution in [2.45, 2.75) is 13.0 Å². The Morgan fingerprint density at radius 1 is 1.04 bits per heavy atom. The molecule has 2 aromatic rings. The maximum atomic E-state index is 12.8. The van der Waals surface area contributed by atoms with Crippen LogP contribution in [-0.2, 0) is 13.0 Å². The second-order valence-electron chi connectivity index (χ2n) is 6.77. The predicted molar refractivity (Wildman–Crippen MR) is 106 cm³/mol. The van der Waals surface area contributed by atoms with E-state index in [1.165, 1.54) is 0 Å². The lowest BCUT2D eigenvalue weighted by Crippen LogP contribution is -2.50. The molecule has 0 unspecified atom stereocenters. The smallest absolute Gasteiger partial charge is 0.274 e. The van der Waals surface area contributed by atoms with Crippen molar-refractivity contribution in [2.24, 2.45) is 0 Å². The number of methoxy groups -OCH3 is 1. The number of H-pyrrole nitrogens is 1. The van der Waals surface area contributed by atoms with E-state index >= 15 is 0 Å². The van der Waals surface area contributed by atoms with E-state index in [-0.39, 0.29) is 24.2 Å². The van der Waals surface area contributed by atoms with Crippen molar-refractivity contribution < 1.29 is 14.3 Å². The molecule has 8 nitrogen and oxygen atoms in total. The molecule has 1 aromatic heterocycles. The highest BCUT2D eigenvalue weighted by Gasteiger charge is 2.29. The van der Waals surface area contributed by atoms with Crippen LogP contribution in [0.4, 0.5) is 0 Å². The summed E-state index contributed by atoms with van der Waals surface area (Å²) in [5, 5.41) is 10.5. The lowest BCUT2D eigenvalue weighted by Gasteiger charge is -2.34. The number of ether oxygens (including phenoxy) is 1. The van der Waals surface area contributed by atoms with Crippen molar-refractivity contribution in [2.75, 3.05) is 39.8 Å². The number of rotatable bonds is 3. The summed E-state index contributed by atoms with van der Waals surface area (Å²) in [7, 11) is 1.60. The lowest BCUT2D eigenvalue weighted by atomic mass is 10.1. The Balaban J connectivity index is 0.00000225. The number of piperazine rings is 1. The van der Waals surface area contributed by atoms with Gasteiger partial charge in [0.1, 0.15) is 5.75 Å². The van der Waals surface area contributed by atoms with Crippen LogP contribution in [0.2, 0.25) is 0 Å². The molecule has 2 amide bonds. The molecule has 0 atom stereocenters. The van der Waals surface area contributed by atoms with Crippen LogP contribution in [0.5, 0.6) is 5.75 Å². The minimum absolute atomic E-state index is 0. The molecule has 2 aliphatic heterocycles. The first kappa shape index (κ1) is 20.2. The molecule has 1 aromatic carbocycles. The number of hydrogen-bond acceptors (Lipinski definition) is 5. The first-order chi connectivity index (χ1) is 13.2. The third kappa shape index (κ3) is 3.83. The summed E-state index contributed by atoms with van der Waals surface area (Å²) in [6, 6.07) is 7.09. The van der Waals surface area contributed by atoms with Gasteiger partial charge in [-0.2, -0.15) is 5.10 Å². The minimum atomic E-state index is -0.0623. The van der Waals surface area contributed by atoms with Gasteiger partial charge in [-0.1, -0.05) is 0 Å². The molecule has 0 radical (unpaired) electrons. The van der Waals surface area contributed by atoms with Crippen LogP contribution in [0.15, 0.2) is 24.3 Å². The Bertz CT molecular complexity index is 844. The normalized spacial score (nSPS) is 16.2. The largest absolute Gasteiger partial charge is 0.497 e. The molecule has 0 saturated carbocycles. The molecule has 28 heavy (non-hydrogen) atoms. The molecule has 1 fully saturated rings. The number of halogens is 1.